The number of hydrogen-bond acceptors (Lipinski definition) is 4. The largest absolute Gasteiger partial charge is 0.397 e. The number of carbonyl (C=O) groups is 1. The molecule has 3 N–H and O–H groups in total. The summed E-state index contributed by atoms with van der Waals surface area (Å²) >= 11 is 0. The summed E-state index contributed by atoms with van der Waals surface area (Å²) in [5, 5.41) is 11.9. The molecular formula is C15H20N4O. The lowest BCUT2D eigenvalue weighted by atomic mass is 10.1. The number of hydrogen-bond donors (Lipinski definition) is 2. The molecule has 20 heavy (non-hydrogen) atoms. The Labute approximate surface area is 119 Å². The number of nitriles is 1. The molecule has 106 valence electrons. The Morgan fingerprint density at radius 3 is 2.70 bits per heavy atom. The van der Waals surface area contributed by atoms with Crippen LogP contribution in [0.4, 0.5) is 11.4 Å². The fourth-order valence-corrected chi connectivity index (χ4v) is 2.45. The van der Waals surface area contributed by atoms with Crippen LogP contribution < -0.4 is 11.1 Å². The van der Waals surface area contributed by atoms with Crippen LogP contribution in [0.2, 0.25) is 0 Å². The van der Waals surface area contributed by atoms with Gasteiger partial charge < -0.3 is 16.0 Å². The molecule has 0 spiro atoms. The second-order valence-corrected chi connectivity index (χ2v) is 5.17. The van der Waals surface area contributed by atoms with Crippen LogP contribution in [0.1, 0.15) is 31.7 Å². The minimum atomic E-state index is -0.316. The molecule has 1 aromatic rings. The topological polar surface area (TPSA) is 82.1 Å². The molecule has 0 aromatic heterocycles. The summed E-state index contributed by atoms with van der Waals surface area (Å²) in [6, 6.07) is 6.77. The number of nitrogens with zero attached hydrogens (tertiary/aromatic N) is 2. The molecule has 0 bridgehead atoms. The van der Waals surface area contributed by atoms with Gasteiger partial charge in [0.05, 0.1) is 23.0 Å². The molecule has 1 fully saturated rings. The Balaban J connectivity index is 2.02. The van der Waals surface area contributed by atoms with Gasteiger partial charge in [0, 0.05) is 13.1 Å². The van der Waals surface area contributed by atoms with E-state index < -0.39 is 0 Å². The number of nitrogen functional groups attached to an aromatic ring is 1. The highest BCUT2D eigenvalue weighted by Crippen LogP contribution is 2.21. The van der Waals surface area contributed by atoms with E-state index in [1.165, 1.54) is 6.42 Å². The van der Waals surface area contributed by atoms with E-state index in [1.54, 1.807) is 18.2 Å². The lowest BCUT2D eigenvalue weighted by Crippen LogP contribution is -2.43. The van der Waals surface area contributed by atoms with Crippen molar-refractivity contribution >= 4 is 17.3 Å². The maximum Gasteiger partial charge on any atom is 0.244 e. The van der Waals surface area contributed by atoms with Crippen molar-refractivity contribution in [1.82, 2.24) is 4.90 Å². The Hall–Kier alpha value is -2.22. The number of piperidine rings is 1. The highest BCUT2D eigenvalue weighted by molar-refractivity contribution is 5.85. The van der Waals surface area contributed by atoms with Crippen molar-refractivity contribution in [3.63, 3.8) is 0 Å². The van der Waals surface area contributed by atoms with Gasteiger partial charge in [-0.2, -0.15) is 5.26 Å². The molecule has 5 nitrogen and oxygen atoms in total. The van der Waals surface area contributed by atoms with E-state index in [0.29, 0.717) is 16.9 Å². The minimum Gasteiger partial charge on any atom is -0.397 e. The summed E-state index contributed by atoms with van der Waals surface area (Å²) < 4.78 is 0. The van der Waals surface area contributed by atoms with Gasteiger partial charge in [-0.15, -0.1) is 0 Å². The molecule has 1 amide bonds. The summed E-state index contributed by atoms with van der Waals surface area (Å²) in [6.45, 7) is 3.52. The van der Waals surface area contributed by atoms with Gasteiger partial charge in [-0.3, -0.25) is 4.79 Å². The smallest absolute Gasteiger partial charge is 0.244 e. The first-order chi connectivity index (χ1) is 9.61. The molecule has 2 rings (SSSR count). The molecular weight excluding hydrogens is 252 g/mol. The number of benzene rings is 1. The van der Waals surface area contributed by atoms with Crippen LogP contribution >= 0.6 is 0 Å². The average molecular weight is 272 g/mol. The lowest BCUT2D eigenvalue weighted by Gasteiger charge is -2.30. The number of likely N-dealkylation sites (tertiary alicyclic amines) is 1. The van der Waals surface area contributed by atoms with E-state index >= 15 is 0 Å². The predicted octanol–water partition coefficient (Wildman–Crippen LogP) is 1.95. The summed E-state index contributed by atoms with van der Waals surface area (Å²) in [5.74, 6) is 0.105. The molecule has 0 aliphatic carbocycles. The normalized spacial score (nSPS) is 16.3. The van der Waals surface area contributed by atoms with Crippen molar-refractivity contribution in [1.29, 1.82) is 5.26 Å². The van der Waals surface area contributed by atoms with Gasteiger partial charge >= 0.3 is 0 Å². The van der Waals surface area contributed by atoms with Gasteiger partial charge in [0.2, 0.25) is 5.91 Å². The molecule has 1 atom stereocenters. The van der Waals surface area contributed by atoms with Crippen molar-refractivity contribution < 1.29 is 4.79 Å². The Bertz CT molecular complexity index is 529. The van der Waals surface area contributed by atoms with Gasteiger partial charge in [-0.05, 0) is 44.4 Å². The second-order valence-electron chi connectivity index (χ2n) is 5.17. The second kappa shape index (κ2) is 6.29. The summed E-state index contributed by atoms with van der Waals surface area (Å²) in [5.41, 5.74) is 7.59. The summed E-state index contributed by atoms with van der Waals surface area (Å²) in [7, 11) is 0. The van der Waals surface area contributed by atoms with Gasteiger partial charge in [0.1, 0.15) is 6.04 Å². The van der Waals surface area contributed by atoms with E-state index in [0.717, 1.165) is 25.9 Å². The van der Waals surface area contributed by atoms with Crippen LogP contribution in [-0.2, 0) is 4.79 Å². The summed E-state index contributed by atoms with van der Waals surface area (Å²) in [4.78, 5) is 14.2. The lowest BCUT2D eigenvalue weighted by molar-refractivity contribution is -0.132. The number of nitrogens with one attached hydrogen (secondary N) is 1. The van der Waals surface area contributed by atoms with E-state index in [-0.39, 0.29) is 11.9 Å². The third-order valence-electron chi connectivity index (χ3n) is 3.59. The molecule has 0 saturated carbocycles. The third-order valence-corrected chi connectivity index (χ3v) is 3.59. The van der Waals surface area contributed by atoms with E-state index in [1.807, 2.05) is 17.9 Å². The first-order valence-corrected chi connectivity index (χ1v) is 6.97. The Morgan fingerprint density at radius 2 is 2.10 bits per heavy atom. The average Bonchev–Trinajstić information content (AvgIpc) is 2.49. The zero-order valence-corrected chi connectivity index (χ0v) is 11.7. The van der Waals surface area contributed by atoms with Crippen LogP contribution in [-0.4, -0.2) is 29.9 Å². The van der Waals surface area contributed by atoms with Crippen LogP contribution in [0.25, 0.3) is 0 Å². The number of rotatable bonds is 3. The van der Waals surface area contributed by atoms with E-state index in [4.69, 9.17) is 11.0 Å². The highest BCUT2D eigenvalue weighted by Gasteiger charge is 2.22. The van der Waals surface area contributed by atoms with E-state index in [2.05, 4.69) is 5.32 Å². The number of nitrogens with two attached hydrogens (primary N) is 1. The molecule has 1 saturated heterocycles. The number of anilines is 2. The van der Waals surface area contributed by atoms with Crippen molar-refractivity contribution in [2.75, 3.05) is 24.1 Å². The van der Waals surface area contributed by atoms with Crippen molar-refractivity contribution in [2.24, 2.45) is 0 Å². The number of carbonyl (C=O) groups excluding carboxylic acids is 1. The van der Waals surface area contributed by atoms with Crippen LogP contribution in [0, 0.1) is 11.3 Å². The Kier molecular flexibility index (Phi) is 4.46. The predicted molar refractivity (Wildman–Crippen MR) is 79.1 cm³/mol. The quantitative estimate of drug-likeness (QED) is 0.824. The molecule has 1 heterocycles. The van der Waals surface area contributed by atoms with Crippen LogP contribution in [0.15, 0.2) is 18.2 Å². The van der Waals surface area contributed by atoms with Crippen LogP contribution in [0.3, 0.4) is 0 Å². The molecule has 1 unspecified atom stereocenters. The maximum absolute atomic E-state index is 12.3. The first kappa shape index (κ1) is 14.2. The Morgan fingerprint density at radius 1 is 1.40 bits per heavy atom. The standard InChI is InChI=1S/C15H20N4O/c1-11(15(20)19-7-3-2-4-8-19)18-14-6-5-12(10-16)9-13(14)17/h5-6,9,11,18H,2-4,7-8,17H2,1H3. The molecule has 1 aliphatic heterocycles. The van der Waals surface area contributed by atoms with Gasteiger partial charge in [0.25, 0.3) is 0 Å². The fraction of sp³-hybridized carbons (Fsp3) is 0.467. The molecule has 0 radical (unpaired) electrons. The first-order valence-electron chi connectivity index (χ1n) is 6.97. The van der Waals surface area contributed by atoms with Crippen molar-refractivity contribution in [3.05, 3.63) is 23.8 Å². The van der Waals surface area contributed by atoms with Gasteiger partial charge in [-0.25, -0.2) is 0 Å². The SMILES string of the molecule is CC(Nc1ccc(C#N)cc1N)C(=O)N1CCCCC1. The molecule has 1 aromatic carbocycles. The summed E-state index contributed by atoms with van der Waals surface area (Å²) in [6.07, 6.45) is 3.36. The zero-order chi connectivity index (χ0) is 14.5. The zero-order valence-electron chi connectivity index (χ0n) is 11.7. The molecule has 5 heteroatoms. The molecule has 1 aliphatic rings. The van der Waals surface area contributed by atoms with Gasteiger partial charge in [0.15, 0.2) is 0 Å². The van der Waals surface area contributed by atoms with Crippen molar-refractivity contribution in [3.8, 4) is 6.07 Å². The van der Waals surface area contributed by atoms with E-state index in [9.17, 15) is 4.79 Å². The van der Waals surface area contributed by atoms with Crippen molar-refractivity contribution in [2.45, 2.75) is 32.2 Å². The van der Waals surface area contributed by atoms with Gasteiger partial charge in [-0.1, -0.05) is 0 Å². The maximum atomic E-state index is 12.3. The third kappa shape index (κ3) is 3.21. The monoisotopic (exact) mass is 272 g/mol. The minimum absolute atomic E-state index is 0.105. The number of amides is 1. The van der Waals surface area contributed by atoms with Crippen LogP contribution in [0.5, 0.6) is 0 Å². The highest BCUT2D eigenvalue weighted by atomic mass is 16.2. The fourth-order valence-electron chi connectivity index (χ4n) is 2.45.